The minimum absolute atomic E-state index is 0.282. The van der Waals surface area contributed by atoms with E-state index in [2.05, 4.69) is 4.98 Å². The smallest absolute Gasteiger partial charge is 0.128 e. The first-order chi connectivity index (χ1) is 7.50. The molecule has 1 aromatic heterocycles. The Hall–Kier alpha value is -1.84. The van der Waals surface area contributed by atoms with Gasteiger partial charge in [0.25, 0.3) is 0 Å². The number of aryl methyl sites for hydroxylation is 2. The van der Waals surface area contributed by atoms with E-state index >= 15 is 0 Å². The number of benzene rings is 1. The van der Waals surface area contributed by atoms with Gasteiger partial charge >= 0.3 is 0 Å². The van der Waals surface area contributed by atoms with Crippen LogP contribution in [0.15, 0.2) is 18.5 Å². The van der Waals surface area contributed by atoms with Gasteiger partial charge in [0, 0.05) is 5.69 Å². The molecule has 2 aromatic rings. The maximum absolute atomic E-state index is 13.3. The Kier molecular flexibility index (Phi) is 2.42. The van der Waals surface area contributed by atoms with Crippen molar-refractivity contribution in [3.63, 3.8) is 0 Å². The van der Waals surface area contributed by atoms with Crippen LogP contribution in [-0.2, 0) is 0 Å². The van der Waals surface area contributed by atoms with Crippen molar-refractivity contribution in [2.45, 2.75) is 20.8 Å². The lowest BCUT2D eigenvalue weighted by molar-refractivity contribution is 0.618. The van der Waals surface area contributed by atoms with Crippen molar-refractivity contribution in [3.05, 3.63) is 41.2 Å². The highest BCUT2D eigenvalue weighted by atomic mass is 19.1. The molecule has 0 aliphatic carbocycles. The van der Waals surface area contributed by atoms with Crippen LogP contribution in [0.4, 0.5) is 10.1 Å². The van der Waals surface area contributed by atoms with Crippen molar-refractivity contribution in [2.75, 3.05) is 5.73 Å². The monoisotopic (exact) mass is 219 g/mol. The maximum atomic E-state index is 13.3. The number of halogens is 1. The summed E-state index contributed by atoms with van der Waals surface area (Å²) in [6.07, 6.45) is 1.70. The number of aromatic nitrogens is 2. The predicted octanol–water partition coefficient (Wildman–Crippen LogP) is 2.52. The van der Waals surface area contributed by atoms with E-state index in [9.17, 15) is 4.39 Å². The Balaban J connectivity index is 2.65. The van der Waals surface area contributed by atoms with Gasteiger partial charge in [0.1, 0.15) is 5.82 Å². The SMILES string of the molecule is Cc1cc(-n2cnc(C)c2C)c(N)cc1F. The van der Waals surface area contributed by atoms with Gasteiger partial charge < -0.3 is 10.3 Å². The molecule has 16 heavy (non-hydrogen) atoms. The molecule has 84 valence electrons. The van der Waals surface area contributed by atoms with E-state index in [1.165, 1.54) is 6.07 Å². The fourth-order valence-corrected chi connectivity index (χ4v) is 1.63. The van der Waals surface area contributed by atoms with Crippen molar-refractivity contribution in [2.24, 2.45) is 0 Å². The lowest BCUT2D eigenvalue weighted by Gasteiger charge is -2.10. The molecule has 1 heterocycles. The minimum atomic E-state index is -0.282. The first-order valence-electron chi connectivity index (χ1n) is 5.07. The lowest BCUT2D eigenvalue weighted by atomic mass is 10.1. The van der Waals surface area contributed by atoms with Gasteiger partial charge in [-0.3, -0.25) is 0 Å². The summed E-state index contributed by atoms with van der Waals surface area (Å²) in [6.45, 7) is 5.61. The summed E-state index contributed by atoms with van der Waals surface area (Å²) in [6, 6.07) is 3.08. The highest BCUT2D eigenvalue weighted by Crippen LogP contribution is 2.23. The molecule has 0 bridgehead atoms. The van der Waals surface area contributed by atoms with Gasteiger partial charge in [-0.15, -0.1) is 0 Å². The van der Waals surface area contributed by atoms with Gasteiger partial charge in [0.2, 0.25) is 0 Å². The molecule has 4 heteroatoms. The molecular formula is C12H14FN3. The van der Waals surface area contributed by atoms with Crippen LogP contribution in [-0.4, -0.2) is 9.55 Å². The molecule has 0 aliphatic rings. The molecule has 0 saturated heterocycles. The molecule has 0 unspecified atom stereocenters. The number of hydrogen-bond donors (Lipinski definition) is 1. The van der Waals surface area contributed by atoms with Crippen LogP contribution in [0.2, 0.25) is 0 Å². The Bertz CT molecular complexity index is 543. The van der Waals surface area contributed by atoms with Gasteiger partial charge in [-0.2, -0.15) is 0 Å². The second-order valence-corrected chi connectivity index (χ2v) is 3.95. The molecule has 0 atom stereocenters. The van der Waals surface area contributed by atoms with Crippen molar-refractivity contribution >= 4 is 5.69 Å². The average Bonchev–Trinajstić information content (AvgIpc) is 2.54. The van der Waals surface area contributed by atoms with Crippen molar-refractivity contribution in [1.82, 2.24) is 9.55 Å². The van der Waals surface area contributed by atoms with Crippen molar-refractivity contribution in [1.29, 1.82) is 0 Å². The van der Waals surface area contributed by atoms with Crippen LogP contribution in [0.3, 0.4) is 0 Å². The van der Waals surface area contributed by atoms with E-state index in [-0.39, 0.29) is 5.82 Å². The standard InChI is InChI=1S/C12H14FN3/c1-7-4-12(11(14)5-10(7)13)16-6-15-8(2)9(16)3/h4-6H,14H2,1-3H3. The summed E-state index contributed by atoms with van der Waals surface area (Å²) in [7, 11) is 0. The third-order valence-corrected chi connectivity index (χ3v) is 2.82. The largest absolute Gasteiger partial charge is 0.397 e. The molecule has 0 saturated carbocycles. The van der Waals surface area contributed by atoms with E-state index in [1.54, 1.807) is 19.3 Å². The van der Waals surface area contributed by atoms with Gasteiger partial charge in [-0.25, -0.2) is 9.37 Å². The predicted molar refractivity (Wildman–Crippen MR) is 62.1 cm³/mol. The zero-order valence-electron chi connectivity index (χ0n) is 9.58. The number of imidazole rings is 1. The third kappa shape index (κ3) is 1.56. The minimum Gasteiger partial charge on any atom is -0.397 e. The maximum Gasteiger partial charge on any atom is 0.128 e. The van der Waals surface area contributed by atoms with E-state index in [1.807, 2.05) is 18.4 Å². The fourth-order valence-electron chi connectivity index (χ4n) is 1.63. The van der Waals surface area contributed by atoms with Gasteiger partial charge in [-0.1, -0.05) is 0 Å². The molecule has 0 aliphatic heterocycles. The second kappa shape index (κ2) is 3.63. The molecular weight excluding hydrogens is 205 g/mol. The summed E-state index contributed by atoms with van der Waals surface area (Å²) in [5.74, 6) is -0.282. The molecule has 0 radical (unpaired) electrons. The number of anilines is 1. The highest BCUT2D eigenvalue weighted by Gasteiger charge is 2.10. The zero-order chi connectivity index (χ0) is 11.9. The van der Waals surface area contributed by atoms with E-state index in [0.717, 1.165) is 17.1 Å². The average molecular weight is 219 g/mol. The quantitative estimate of drug-likeness (QED) is 0.749. The summed E-state index contributed by atoms with van der Waals surface area (Å²) >= 11 is 0. The number of hydrogen-bond acceptors (Lipinski definition) is 2. The van der Waals surface area contributed by atoms with Gasteiger partial charge in [0.15, 0.2) is 0 Å². The van der Waals surface area contributed by atoms with Crippen LogP contribution < -0.4 is 5.73 Å². The van der Waals surface area contributed by atoms with E-state index in [0.29, 0.717) is 11.3 Å². The highest BCUT2D eigenvalue weighted by molar-refractivity contribution is 5.60. The van der Waals surface area contributed by atoms with E-state index < -0.39 is 0 Å². The third-order valence-electron chi connectivity index (χ3n) is 2.82. The first-order valence-corrected chi connectivity index (χ1v) is 5.07. The first kappa shape index (κ1) is 10.7. The summed E-state index contributed by atoms with van der Waals surface area (Å²) in [5, 5.41) is 0. The number of nitrogen functional groups attached to an aromatic ring is 1. The van der Waals surface area contributed by atoms with Crippen molar-refractivity contribution < 1.29 is 4.39 Å². The van der Waals surface area contributed by atoms with Crippen molar-refractivity contribution in [3.8, 4) is 5.69 Å². The molecule has 2 rings (SSSR count). The van der Waals surface area contributed by atoms with Crippen LogP contribution in [0.1, 0.15) is 17.0 Å². The normalized spacial score (nSPS) is 10.8. The van der Waals surface area contributed by atoms with Gasteiger partial charge in [-0.05, 0) is 38.5 Å². The Morgan fingerprint density at radius 2 is 1.94 bits per heavy atom. The lowest BCUT2D eigenvalue weighted by Crippen LogP contribution is -2.02. The topological polar surface area (TPSA) is 43.8 Å². The molecule has 0 amide bonds. The fraction of sp³-hybridized carbons (Fsp3) is 0.250. The van der Waals surface area contributed by atoms with Crippen LogP contribution in [0.25, 0.3) is 5.69 Å². The zero-order valence-corrected chi connectivity index (χ0v) is 9.58. The molecule has 2 N–H and O–H groups in total. The number of nitrogens with two attached hydrogens (primary N) is 1. The van der Waals surface area contributed by atoms with Gasteiger partial charge in [0.05, 0.1) is 23.4 Å². The van der Waals surface area contributed by atoms with Crippen LogP contribution >= 0.6 is 0 Å². The summed E-state index contributed by atoms with van der Waals surface area (Å²) in [4.78, 5) is 4.20. The van der Waals surface area contributed by atoms with E-state index in [4.69, 9.17) is 5.73 Å². The Morgan fingerprint density at radius 1 is 1.25 bits per heavy atom. The molecule has 0 spiro atoms. The number of nitrogens with zero attached hydrogens (tertiary/aromatic N) is 2. The molecule has 3 nitrogen and oxygen atoms in total. The van der Waals surface area contributed by atoms with Crippen LogP contribution in [0.5, 0.6) is 0 Å². The molecule has 0 fully saturated rings. The van der Waals surface area contributed by atoms with Crippen LogP contribution in [0, 0.1) is 26.6 Å². The summed E-state index contributed by atoms with van der Waals surface area (Å²) < 4.78 is 15.1. The second-order valence-electron chi connectivity index (χ2n) is 3.95. The summed E-state index contributed by atoms with van der Waals surface area (Å²) in [5.41, 5.74) is 9.54. The molecule has 1 aromatic carbocycles. The Morgan fingerprint density at radius 3 is 2.50 bits per heavy atom. The Labute approximate surface area is 93.7 Å². The number of rotatable bonds is 1.